The zero-order chi connectivity index (χ0) is 20.2. The summed E-state index contributed by atoms with van der Waals surface area (Å²) in [6.45, 7) is 1.58. The maximum absolute atomic E-state index is 13.8. The van der Waals surface area contributed by atoms with Crippen LogP contribution >= 0.6 is 0 Å². The largest absolute Gasteiger partial charge is 0.354 e. The number of fused-ring (bicyclic) bond motifs is 1. The summed E-state index contributed by atoms with van der Waals surface area (Å²) in [7, 11) is 0. The number of nitrogens with one attached hydrogen (secondary N) is 2. The molecule has 0 saturated carbocycles. The predicted octanol–water partition coefficient (Wildman–Crippen LogP) is 3.65. The Labute approximate surface area is 168 Å². The molecular weight excluding hydrogens is 369 g/mol. The topological polar surface area (TPSA) is 65.2 Å². The Morgan fingerprint density at radius 2 is 1.83 bits per heavy atom. The number of nitrogens with zero attached hydrogens (tertiary/aromatic N) is 1. The van der Waals surface area contributed by atoms with Gasteiger partial charge in [-0.05, 0) is 48.6 Å². The summed E-state index contributed by atoms with van der Waals surface area (Å²) in [4.78, 5) is 29.6. The highest BCUT2D eigenvalue weighted by Gasteiger charge is 2.19. The summed E-state index contributed by atoms with van der Waals surface area (Å²) >= 11 is 0. The summed E-state index contributed by atoms with van der Waals surface area (Å²) in [6.07, 6.45) is 2.74. The smallest absolute Gasteiger partial charge is 0.241 e. The molecule has 0 bridgehead atoms. The molecule has 0 aliphatic carbocycles. The van der Waals surface area contributed by atoms with Crippen molar-refractivity contribution in [2.45, 2.75) is 25.7 Å². The molecule has 6 heteroatoms. The number of carbonyl (C=O) groups is 2. The van der Waals surface area contributed by atoms with Crippen LogP contribution in [0.15, 0.2) is 48.5 Å². The van der Waals surface area contributed by atoms with Crippen LogP contribution in [0, 0.1) is 5.82 Å². The second-order valence-corrected chi connectivity index (χ2v) is 7.40. The van der Waals surface area contributed by atoms with E-state index in [4.69, 9.17) is 0 Å². The quantitative estimate of drug-likeness (QED) is 0.671. The molecular formula is C23H24FN3O2. The first-order valence-electron chi connectivity index (χ1n) is 10.0. The van der Waals surface area contributed by atoms with Crippen molar-refractivity contribution < 1.29 is 14.0 Å². The molecule has 2 amide bonds. The Bertz CT molecular complexity index is 1020. The van der Waals surface area contributed by atoms with Gasteiger partial charge in [-0.15, -0.1) is 0 Å². The summed E-state index contributed by atoms with van der Waals surface area (Å²) < 4.78 is 13.8. The molecule has 150 valence electrons. The molecule has 2 N–H and O–H groups in total. The van der Waals surface area contributed by atoms with E-state index in [-0.39, 0.29) is 30.6 Å². The van der Waals surface area contributed by atoms with E-state index in [1.165, 1.54) is 12.1 Å². The zero-order valence-corrected chi connectivity index (χ0v) is 16.2. The Morgan fingerprint density at radius 1 is 1.07 bits per heavy atom. The number of aromatic amines is 1. The van der Waals surface area contributed by atoms with Crippen LogP contribution < -0.4 is 5.32 Å². The van der Waals surface area contributed by atoms with Gasteiger partial charge in [0.15, 0.2) is 0 Å². The van der Waals surface area contributed by atoms with E-state index in [9.17, 15) is 14.0 Å². The number of hydrogen-bond acceptors (Lipinski definition) is 2. The lowest BCUT2D eigenvalue weighted by molar-refractivity contribution is -0.132. The van der Waals surface area contributed by atoms with Gasteiger partial charge in [-0.25, -0.2) is 4.39 Å². The van der Waals surface area contributed by atoms with E-state index in [2.05, 4.69) is 10.3 Å². The second kappa shape index (κ2) is 8.47. The Kier molecular flexibility index (Phi) is 5.60. The minimum absolute atomic E-state index is 0.0324. The van der Waals surface area contributed by atoms with Crippen LogP contribution in [0.5, 0.6) is 0 Å². The van der Waals surface area contributed by atoms with Crippen LogP contribution in [0.3, 0.4) is 0 Å². The van der Waals surface area contributed by atoms with E-state index in [1.54, 1.807) is 11.0 Å². The third kappa shape index (κ3) is 4.31. The van der Waals surface area contributed by atoms with Gasteiger partial charge in [-0.1, -0.05) is 30.3 Å². The number of amides is 2. The van der Waals surface area contributed by atoms with E-state index in [0.29, 0.717) is 6.42 Å². The van der Waals surface area contributed by atoms with Gasteiger partial charge in [-0.2, -0.15) is 0 Å². The van der Waals surface area contributed by atoms with Crippen molar-refractivity contribution in [3.05, 3.63) is 59.9 Å². The predicted molar refractivity (Wildman–Crippen MR) is 111 cm³/mol. The van der Waals surface area contributed by atoms with Gasteiger partial charge in [0.25, 0.3) is 0 Å². The lowest BCUT2D eigenvalue weighted by Crippen LogP contribution is -2.38. The minimum atomic E-state index is -0.307. The van der Waals surface area contributed by atoms with Gasteiger partial charge >= 0.3 is 0 Å². The van der Waals surface area contributed by atoms with Gasteiger partial charge < -0.3 is 15.2 Å². The first kappa shape index (κ1) is 19.2. The van der Waals surface area contributed by atoms with E-state index in [1.807, 2.05) is 30.3 Å². The molecule has 1 aliphatic rings. The van der Waals surface area contributed by atoms with Crippen LogP contribution in [-0.2, 0) is 16.0 Å². The third-order valence-electron chi connectivity index (χ3n) is 5.43. The fourth-order valence-electron chi connectivity index (χ4n) is 3.91. The van der Waals surface area contributed by atoms with Crippen LogP contribution in [0.2, 0.25) is 0 Å². The highest BCUT2D eigenvalue weighted by atomic mass is 19.1. The van der Waals surface area contributed by atoms with Crippen molar-refractivity contribution in [3.63, 3.8) is 0 Å². The number of halogens is 1. The Balaban J connectivity index is 1.48. The summed E-state index contributed by atoms with van der Waals surface area (Å²) in [6, 6.07) is 14.4. The standard InChI is InChI=1S/C23H24FN3O2/c24-17-8-10-20-19(14-17)18(23(26-20)16-6-2-1-3-7-16)9-11-21(28)25-15-22(29)27-12-4-5-13-27/h1-3,6-8,10,14,26H,4-5,9,11-13,15H2,(H,25,28). The number of benzene rings is 2. The lowest BCUT2D eigenvalue weighted by atomic mass is 10.0. The SMILES string of the molecule is O=C(CCc1c(-c2ccccc2)[nH]c2ccc(F)cc12)NCC(=O)N1CCCC1. The van der Waals surface area contributed by atoms with Gasteiger partial charge in [0.2, 0.25) is 11.8 Å². The zero-order valence-electron chi connectivity index (χ0n) is 16.2. The van der Waals surface area contributed by atoms with Crippen molar-refractivity contribution in [1.29, 1.82) is 0 Å². The monoisotopic (exact) mass is 393 g/mol. The van der Waals surface area contributed by atoms with Crippen molar-refractivity contribution >= 4 is 22.7 Å². The second-order valence-electron chi connectivity index (χ2n) is 7.40. The number of H-pyrrole nitrogens is 1. The molecule has 2 heterocycles. The van der Waals surface area contributed by atoms with Gasteiger partial charge in [-0.3, -0.25) is 9.59 Å². The molecule has 29 heavy (non-hydrogen) atoms. The van der Waals surface area contributed by atoms with Crippen molar-refractivity contribution in [3.8, 4) is 11.3 Å². The molecule has 2 aromatic carbocycles. The molecule has 0 atom stereocenters. The molecule has 3 aromatic rings. The maximum Gasteiger partial charge on any atom is 0.241 e. The number of hydrogen-bond donors (Lipinski definition) is 2. The third-order valence-corrected chi connectivity index (χ3v) is 5.43. The van der Waals surface area contributed by atoms with E-state index in [0.717, 1.165) is 53.7 Å². The average Bonchev–Trinajstić information content (AvgIpc) is 3.39. The molecule has 0 spiro atoms. The first-order valence-corrected chi connectivity index (χ1v) is 10.0. The van der Waals surface area contributed by atoms with Gasteiger partial charge in [0.05, 0.1) is 6.54 Å². The molecule has 0 unspecified atom stereocenters. The number of carbonyl (C=O) groups excluding carboxylic acids is 2. The first-order chi connectivity index (χ1) is 14.1. The van der Waals surface area contributed by atoms with Crippen LogP contribution in [0.4, 0.5) is 4.39 Å². The molecule has 5 nitrogen and oxygen atoms in total. The van der Waals surface area contributed by atoms with Crippen molar-refractivity contribution in [2.24, 2.45) is 0 Å². The van der Waals surface area contributed by atoms with Crippen LogP contribution in [0.1, 0.15) is 24.8 Å². The van der Waals surface area contributed by atoms with E-state index < -0.39 is 0 Å². The molecule has 1 aliphatic heterocycles. The molecule has 1 aromatic heterocycles. The Hall–Kier alpha value is -3.15. The van der Waals surface area contributed by atoms with Crippen molar-refractivity contribution in [1.82, 2.24) is 15.2 Å². The fraction of sp³-hybridized carbons (Fsp3) is 0.304. The molecule has 0 radical (unpaired) electrons. The number of aryl methyl sites for hydroxylation is 1. The highest BCUT2D eigenvalue weighted by Crippen LogP contribution is 2.31. The number of aromatic nitrogens is 1. The van der Waals surface area contributed by atoms with Gasteiger partial charge in [0.1, 0.15) is 5.82 Å². The summed E-state index contributed by atoms with van der Waals surface area (Å²) in [5.41, 5.74) is 3.63. The van der Waals surface area contributed by atoms with Crippen molar-refractivity contribution in [2.75, 3.05) is 19.6 Å². The summed E-state index contributed by atoms with van der Waals surface area (Å²) in [5, 5.41) is 3.51. The number of rotatable bonds is 6. The molecule has 4 rings (SSSR count). The highest BCUT2D eigenvalue weighted by molar-refractivity contribution is 5.92. The van der Waals surface area contributed by atoms with Gasteiger partial charge in [0, 0.05) is 36.1 Å². The minimum Gasteiger partial charge on any atom is -0.354 e. The average molecular weight is 393 g/mol. The Morgan fingerprint density at radius 3 is 2.59 bits per heavy atom. The molecule has 1 saturated heterocycles. The lowest BCUT2D eigenvalue weighted by Gasteiger charge is -2.15. The maximum atomic E-state index is 13.8. The van der Waals surface area contributed by atoms with E-state index >= 15 is 0 Å². The fourth-order valence-corrected chi connectivity index (χ4v) is 3.91. The van der Waals surface area contributed by atoms with Crippen LogP contribution in [0.25, 0.3) is 22.2 Å². The van der Waals surface area contributed by atoms with Crippen LogP contribution in [-0.4, -0.2) is 41.3 Å². The number of likely N-dealkylation sites (tertiary alicyclic amines) is 1. The molecule has 1 fully saturated rings. The normalized spacial score (nSPS) is 13.8. The summed E-state index contributed by atoms with van der Waals surface area (Å²) in [5.74, 6) is -0.518.